The third-order valence-electron chi connectivity index (χ3n) is 5.35. The lowest BCUT2D eigenvalue weighted by Crippen LogP contribution is -2.32. The molecule has 8 nitrogen and oxygen atoms in total. The summed E-state index contributed by atoms with van der Waals surface area (Å²) in [6.07, 6.45) is 1.99. The monoisotopic (exact) mass is 438 g/mol. The van der Waals surface area contributed by atoms with Crippen molar-refractivity contribution in [2.45, 2.75) is 32.9 Å². The predicted octanol–water partition coefficient (Wildman–Crippen LogP) is 3.24. The number of imidazole rings is 1. The lowest BCUT2D eigenvalue weighted by molar-refractivity contribution is -0.130. The number of aromatic nitrogens is 2. The maximum atomic E-state index is 12.8. The van der Waals surface area contributed by atoms with E-state index in [4.69, 9.17) is 9.47 Å². The van der Waals surface area contributed by atoms with Crippen LogP contribution < -0.4 is 14.8 Å². The number of carbonyl (C=O) groups excluding carboxylic acids is 2. The van der Waals surface area contributed by atoms with Gasteiger partial charge in [0.25, 0.3) is 5.91 Å². The molecule has 0 aliphatic carbocycles. The van der Waals surface area contributed by atoms with Gasteiger partial charge in [-0.1, -0.05) is 25.5 Å². The van der Waals surface area contributed by atoms with Gasteiger partial charge in [-0.2, -0.15) is 0 Å². The first kappa shape index (κ1) is 23.1. The first-order valence-corrected chi connectivity index (χ1v) is 10.7. The van der Waals surface area contributed by atoms with Crippen LogP contribution in [0.5, 0.6) is 11.5 Å². The number of nitrogens with zero attached hydrogens (tertiary/aromatic N) is 3. The van der Waals surface area contributed by atoms with Crippen molar-refractivity contribution in [3.63, 3.8) is 0 Å². The normalized spacial score (nSPS) is 10.8. The van der Waals surface area contributed by atoms with Gasteiger partial charge in [-0.15, -0.1) is 0 Å². The Morgan fingerprint density at radius 1 is 1.09 bits per heavy atom. The van der Waals surface area contributed by atoms with Crippen molar-refractivity contribution < 1.29 is 19.1 Å². The van der Waals surface area contributed by atoms with Gasteiger partial charge in [0.1, 0.15) is 12.4 Å². The first-order chi connectivity index (χ1) is 15.5. The molecule has 1 heterocycles. The molecule has 2 amide bonds. The molecular formula is C24H30N4O4. The van der Waals surface area contributed by atoms with Gasteiger partial charge in [0.05, 0.1) is 31.8 Å². The van der Waals surface area contributed by atoms with Gasteiger partial charge in [-0.05, 0) is 36.8 Å². The molecule has 0 saturated heterocycles. The molecule has 0 aliphatic heterocycles. The molecule has 2 aromatic carbocycles. The molecule has 0 bridgehead atoms. The maximum absolute atomic E-state index is 12.8. The summed E-state index contributed by atoms with van der Waals surface area (Å²) in [5.41, 5.74) is 2.09. The third kappa shape index (κ3) is 5.19. The molecule has 8 heteroatoms. The minimum atomic E-state index is -0.268. The molecule has 1 N–H and O–H groups in total. The molecule has 3 rings (SSSR count). The van der Waals surface area contributed by atoms with Gasteiger partial charge < -0.3 is 24.3 Å². The van der Waals surface area contributed by atoms with Gasteiger partial charge in [0, 0.05) is 19.2 Å². The number of nitrogens with one attached hydrogen (secondary N) is 1. The fourth-order valence-electron chi connectivity index (χ4n) is 3.45. The Morgan fingerprint density at radius 3 is 2.56 bits per heavy atom. The smallest absolute Gasteiger partial charge is 0.251 e. The zero-order valence-corrected chi connectivity index (χ0v) is 19.1. The summed E-state index contributed by atoms with van der Waals surface area (Å²) in [7, 11) is 4.88. The number of unbranched alkanes of at least 4 members (excludes halogenated alkanes) is 1. The molecule has 0 aliphatic rings. The van der Waals surface area contributed by atoms with Crippen LogP contribution in [0.15, 0.2) is 42.5 Å². The highest BCUT2D eigenvalue weighted by Crippen LogP contribution is 2.27. The van der Waals surface area contributed by atoms with Gasteiger partial charge in [0.2, 0.25) is 5.91 Å². The van der Waals surface area contributed by atoms with Gasteiger partial charge >= 0.3 is 0 Å². The van der Waals surface area contributed by atoms with Crippen LogP contribution in [-0.4, -0.2) is 54.1 Å². The maximum Gasteiger partial charge on any atom is 0.251 e. The topological polar surface area (TPSA) is 85.7 Å². The van der Waals surface area contributed by atoms with E-state index >= 15 is 0 Å². The van der Waals surface area contributed by atoms with Gasteiger partial charge in [-0.25, -0.2) is 4.98 Å². The minimum absolute atomic E-state index is 0.00840. The fraction of sp³-hybridized carbons (Fsp3) is 0.375. The molecule has 0 fully saturated rings. The molecule has 0 unspecified atom stereocenters. The number of carbonyl (C=O) groups is 2. The molecule has 0 atom stereocenters. The van der Waals surface area contributed by atoms with Gasteiger partial charge in [-0.3, -0.25) is 9.59 Å². The summed E-state index contributed by atoms with van der Waals surface area (Å²) in [5.74, 6) is 1.40. The van der Waals surface area contributed by atoms with Crippen LogP contribution in [0.25, 0.3) is 11.0 Å². The summed E-state index contributed by atoms with van der Waals surface area (Å²) in [6, 6.07) is 12.6. The molecular weight excluding hydrogens is 408 g/mol. The average molecular weight is 439 g/mol. The van der Waals surface area contributed by atoms with E-state index < -0.39 is 0 Å². The zero-order valence-electron chi connectivity index (χ0n) is 19.1. The zero-order chi connectivity index (χ0) is 23.1. The second kappa shape index (κ2) is 10.7. The number of hydrogen-bond acceptors (Lipinski definition) is 5. The number of benzene rings is 2. The van der Waals surface area contributed by atoms with Crippen molar-refractivity contribution in [1.29, 1.82) is 0 Å². The number of fused-ring (bicyclic) bond motifs is 1. The first-order valence-electron chi connectivity index (χ1n) is 10.7. The number of amides is 2. The van der Waals surface area contributed by atoms with Crippen LogP contribution in [0.1, 0.15) is 35.9 Å². The summed E-state index contributed by atoms with van der Waals surface area (Å²) in [6.45, 7) is 3.17. The van der Waals surface area contributed by atoms with E-state index in [1.807, 2.05) is 35.9 Å². The Balaban J connectivity index is 1.79. The van der Waals surface area contributed by atoms with E-state index in [2.05, 4.69) is 17.2 Å². The lowest BCUT2D eigenvalue weighted by Gasteiger charge is -2.18. The standard InChI is InChI=1S/C24H30N4O4/c1-5-6-13-27(2)23(29)16-28-19-10-8-7-9-18(19)26-22(28)15-25-24(30)17-11-12-20(31-3)21(14-17)32-4/h7-12,14H,5-6,13,15-16H2,1-4H3,(H,25,30). The molecule has 1 aromatic heterocycles. The molecule has 0 radical (unpaired) electrons. The van der Waals surface area contributed by atoms with Crippen molar-refractivity contribution >= 4 is 22.8 Å². The molecule has 0 saturated carbocycles. The van der Waals surface area contributed by atoms with E-state index in [0.29, 0.717) is 29.4 Å². The van der Waals surface area contributed by atoms with E-state index in [1.54, 1.807) is 30.2 Å². The van der Waals surface area contributed by atoms with Crippen LogP contribution in [0.4, 0.5) is 0 Å². The molecule has 32 heavy (non-hydrogen) atoms. The van der Waals surface area contributed by atoms with Gasteiger partial charge in [0.15, 0.2) is 11.5 Å². The van der Waals surface area contributed by atoms with Crippen molar-refractivity contribution in [3.05, 3.63) is 53.9 Å². The van der Waals surface area contributed by atoms with E-state index in [0.717, 1.165) is 23.9 Å². The summed E-state index contributed by atoms with van der Waals surface area (Å²) in [5, 5.41) is 2.90. The number of hydrogen-bond donors (Lipinski definition) is 1. The third-order valence-corrected chi connectivity index (χ3v) is 5.35. The highest BCUT2D eigenvalue weighted by molar-refractivity contribution is 5.94. The number of methoxy groups -OCH3 is 2. The van der Waals surface area contributed by atoms with Crippen LogP contribution in [-0.2, 0) is 17.9 Å². The van der Waals surface area contributed by atoms with E-state index in [1.165, 1.54) is 7.11 Å². The van der Waals surface area contributed by atoms with Crippen LogP contribution in [0.3, 0.4) is 0 Å². The lowest BCUT2D eigenvalue weighted by atomic mass is 10.2. The Bertz CT molecular complexity index is 1090. The fourth-order valence-corrected chi connectivity index (χ4v) is 3.45. The van der Waals surface area contributed by atoms with E-state index in [9.17, 15) is 9.59 Å². The quantitative estimate of drug-likeness (QED) is 0.525. The molecule has 170 valence electrons. The minimum Gasteiger partial charge on any atom is -0.493 e. The Labute approximate surface area is 188 Å². The van der Waals surface area contributed by atoms with E-state index in [-0.39, 0.29) is 24.9 Å². The van der Waals surface area contributed by atoms with Crippen molar-refractivity contribution in [1.82, 2.24) is 19.8 Å². The second-order valence-electron chi connectivity index (χ2n) is 7.52. The predicted molar refractivity (Wildman–Crippen MR) is 123 cm³/mol. The number of para-hydroxylation sites is 2. The highest BCUT2D eigenvalue weighted by Gasteiger charge is 2.17. The van der Waals surface area contributed by atoms with Crippen LogP contribution in [0, 0.1) is 0 Å². The Hall–Kier alpha value is -3.55. The van der Waals surface area contributed by atoms with Crippen molar-refractivity contribution in [2.75, 3.05) is 27.8 Å². The summed E-state index contributed by atoms with van der Waals surface area (Å²) >= 11 is 0. The summed E-state index contributed by atoms with van der Waals surface area (Å²) in [4.78, 5) is 31.9. The van der Waals surface area contributed by atoms with Crippen molar-refractivity contribution in [3.8, 4) is 11.5 Å². The molecule has 3 aromatic rings. The van der Waals surface area contributed by atoms with Crippen molar-refractivity contribution in [2.24, 2.45) is 0 Å². The number of ether oxygens (including phenoxy) is 2. The SMILES string of the molecule is CCCCN(C)C(=O)Cn1c(CNC(=O)c2ccc(OC)c(OC)c2)nc2ccccc21. The number of likely N-dealkylation sites (N-methyl/N-ethyl adjacent to an activating group) is 1. The Kier molecular flexibility index (Phi) is 7.70. The largest absolute Gasteiger partial charge is 0.493 e. The summed E-state index contributed by atoms with van der Waals surface area (Å²) < 4.78 is 12.4. The highest BCUT2D eigenvalue weighted by atomic mass is 16.5. The van der Waals surface area contributed by atoms with Crippen LogP contribution >= 0.6 is 0 Å². The van der Waals surface area contributed by atoms with Crippen LogP contribution in [0.2, 0.25) is 0 Å². The Morgan fingerprint density at radius 2 is 1.84 bits per heavy atom. The average Bonchev–Trinajstić information content (AvgIpc) is 3.17. The second-order valence-corrected chi connectivity index (χ2v) is 7.52. The number of rotatable bonds is 10. The molecule has 0 spiro atoms.